The first kappa shape index (κ1) is 18.4. The summed E-state index contributed by atoms with van der Waals surface area (Å²) in [5.74, 6) is -1.09. The molecule has 134 valence electrons. The van der Waals surface area contributed by atoms with Crippen molar-refractivity contribution >= 4 is 23.8 Å². The van der Waals surface area contributed by atoms with Crippen molar-refractivity contribution < 1.29 is 28.7 Å². The number of hydrogen-bond acceptors (Lipinski definition) is 6. The van der Waals surface area contributed by atoms with Gasteiger partial charge < -0.3 is 20.1 Å². The van der Waals surface area contributed by atoms with Crippen molar-refractivity contribution in [2.75, 3.05) is 6.54 Å². The van der Waals surface area contributed by atoms with Crippen LogP contribution in [0, 0.1) is 0 Å². The van der Waals surface area contributed by atoms with Gasteiger partial charge in [0.2, 0.25) is 11.8 Å². The number of benzene rings is 1. The van der Waals surface area contributed by atoms with Gasteiger partial charge in [-0.1, -0.05) is 6.07 Å². The van der Waals surface area contributed by atoms with E-state index in [0.717, 1.165) is 5.56 Å². The van der Waals surface area contributed by atoms with Crippen LogP contribution in [0.4, 0.5) is 0 Å². The summed E-state index contributed by atoms with van der Waals surface area (Å²) >= 11 is 0. The van der Waals surface area contributed by atoms with Crippen molar-refractivity contribution in [3.63, 3.8) is 0 Å². The Morgan fingerprint density at radius 1 is 1.16 bits per heavy atom. The third-order valence-corrected chi connectivity index (χ3v) is 3.54. The zero-order chi connectivity index (χ0) is 18.4. The maximum Gasteiger partial charge on any atom is 0.308 e. The second kappa shape index (κ2) is 8.27. The molecule has 2 N–H and O–H groups in total. The minimum atomic E-state index is -0.532. The van der Waals surface area contributed by atoms with Crippen molar-refractivity contribution in [3.05, 3.63) is 23.8 Å². The average Bonchev–Trinajstić information content (AvgIpc) is 2.95. The van der Waals surface area contributed by atoms with Crippen LogP contribution in [-0.4, -0.2) is 36.3 Å². The zero-order valence-corrected chi connectivity index (χ0v) is 14.1. The highest BCUT2D eigenvalue weighted by molar-refractivity contribution is 5.90. The van der Waals surface area contributed by atoms with Gasteiger partial charge in [0.25, 0.3) is 0 Å². The van der Waals surface area contributed by atoms with Crippen LogP contribution in [-0.2, 0) is 25.6 Å². The van der Waals surface area contributed by atoms with Gasteiger partial charge in [0.1, 0.15) is 6.04 Å². The van der Waals surface area contributed by atoms with E-state index in [2.05, 4.69) is 10.6 Å². The standard InChI is InChI=1S/C17H20N2O6/c1-10(20)24-14-5-3-12(9-15(14)25-11(2)21)7-8-18-17(23)13-4-6-16(22)19-13/h3,5,9,13H,4,6-8H2,1-2H3,(H,18,23)(H,19,22). The Bertz CT molecular complexity index is 700. The predicted octanol–water partition coefficient (Wildman–Crippen LogP) is 0.474. The quantitative estimate of drug-likeness (QED) is 0.571. The minimum Gasteiger partial charge on any atom is -0.423 e. The molecule has 2 amide bonds. The lowest BCUT2D eigenvalue weighted by Gasteiger charge is -2.12. The fourth-order valence-corrected chi connectivity index (χ4v) is 2.45. The summed E-state index contributed by atoms with van der Waals surface area (Å²) in [7, 11) is 0. The Kier molecular flexibility index (Phi) is 6.10. The van der Waals surface area contributed by atoms with Crippen LogP contribution < -0.4 is 20.1 Å². The largest absolute Gasteiger partial charge is 0.423 e. The molecule has 1 atom stereocenters. The second-order valence-corrected chi connectivity index (χ2v) is 5.67. The number of nitrogens with one attached hydrogen (secondary N) is 2. The van der Waals surface area contributed by atoms with Crippen molar-refractivity contribution in [1.82, 2.24) is 10.6 Å². The van der Waals surface area contributed by atoms with E-state index < -0.39 is 18.0 Å². The average molecular weight is 348 g/mol. The third-order valence-electron chi connectivity index (χ3n) is 3.54. The van der Waals surface area contributed by atoms with E-state index in [4.69, 9.17) is 9.47 Å². The summed E-state index contributed by atoms with van der Waals surface area (Å²) in [6.07, 6.45) is 1.35. The first-order valence-corrected chi connectivity index (χ1v) is 7.92. The van der Waals surface area contributed by atoms with E-state index in [0.29, 0.717) is 25.8 Å². The second-order valence-electron chi connectivity index (χ2n) is 5.67. The highest BCUT2D eigenvalue weighted by Gasteiger charge is 2.26. The molecule has 1 aliphatic rings. The van der Waals surface area contributed by atoms with E-state index in [-0.39, 0.29) is 23.3 Å². The molecule has 1 unspecified atom stereocenters. The molecule has 1 aromatic carbocycles. The summed E-state index contributed by atoms with van der Waals surface area (Å²) in [4.78, 5) is 45.3. The van der Waals surface area contributed by atoms with Gasteiger partial charge in [-0.25, -0.2) is 0 Å². The molecule has 0 bridgehead atoms. The Morgan fingerprint density at radius 3 is 2.44 bits per heavy atom. The smallest absolute Gasteiger partial charge is 0.308 e. The van der Waals surface area contributed by atoms with Gasteiger partial charge in [-0.15, -0.1) is 0 Å². The van der Waals surface area contributed by atoms with E-state index in [1.165, 1.54) is 19.9 Å². The molecule has 1 heterocycles. The molecule has 8 heteroatoms. The summed E-state index contributed by atoms with van der Waals surface area (Å²) in [6, 6.07) is 4.36. The highest BCUT2D eigenvalue weighted by Crippen LogP contribution is 2.29. The van der Waals surface area contributed by atoms with Crippen LogP contribution in [0.3, 0.4) is 0 Å². The Morgan fingerprint density at radius 2 is 1.84 bits per heavy atom. The monoisotopic (exact) mass is 348 g/mol. The Labute approximate surface area is 144 Å². The summed E-state index contributed by atoms with van der Waals surface area (Å²) in [6.45, 7) is 2.86. The van der Waals surface area contributed by atoms with Crippen LogP contribution in [0.2, 0.25) is 0 Å². The van der Waals surface area contributed by atoms with Crippen LogP contribution in [0.1, 0.15) is 32.3 Å². The molecule has 0 spiro atoms. The highest BCUT2D eigenvalue weighted by atomic mass is 16.6. The summed E-state index contributed by atoms with van der Waals surface area (Å²) in [5, 5.41) is 5.36. The zero-order valence-electron chi connectivity index (χ0n) is 14.1. The van der Waals surface area contributed by atoms with Crippen molar-refractivity contribution in [2.45, 2.75) is 39.2 Å². The molecule has 1 saturated heterocycles. The van der Waals surface area contributed by atoms with Gasteiger partial charge in [-0.2, -0.15) is 0 Å². The number of hydrogen-bond donors (Lipinski definition) is 2. The lowest BCUT2D eigenvalue weighted by Crippen LogP contribution is -2.42. The molecular weight excluding hydrogens is 328 g/mol. The molecular formula is C17H20N2O6. The molecule has 0 aliphatic carbocycles. The summed E-state index contributed by atoms with van der Waals surface area (Å²) in [5.41, 5.74) is 0.794. The van der Waals surface area contributed by atoms with Crippen LogP contribution in [0.5, 0.6) is 11.5 Å². The molecule has 1 fully saturated rings. The van der Waals surface area contributed by atoms with Crippen molar-refractivity contribution in [3.8, 4) is 11.5 Å². The summed E-state index contributed by atoms with van der Waals surface area (Å²) < 4.78 is 10.1. The Hall–Kier alpha value is -2.90. The maximum absolute atomic E-state index is 11.9. The maximum atomic E-state index is 11.9. The lowest BCUT2D eigenvalue weighted by molar-refractivity contribution is -0.134. The molecule has 1 aromatic rings. The molecule has 1 aliphatic heterocycles. The Balaban J connectivity index is 1.94. The molecule has 0 saturated carbocycles. The molecule has 25 heavy (non-hydrogen) atoms. The number of ether oxygens (including phenoxy) is 2. The number of carbonyl (C=O) groups is 4. The minimum absolute atomic E-state index is 0.118. The van der Waals surface area contributed by atoms with Gasteiger partial charge in [0.05, 0.1) is 0 Å². The number of esters is 2. The molecule has 0 radical (unpaired) electrons. The fourth-order valence-electron chi connectivity index (χ4n) is 2.45. The van der Waals surface area contributed by atoms with Crippen LogP contribution >= 0.6 is 0 Å². The van der Waals surface area contributed by atoms with Gasteiger partial charge >= 0.3 is 11.9 Å². The number of carbonyl (C=O) groups excluding carboxylic acids is 4. The van der Waals surface area contributed by atoms with Gasteiger partial charge in [-0.05, 0) is 30.5 Å². The first-order valence-electron chi connectivity index (χ1n) is 7.92. The normalized spacial score (nSPS) is 16.1. The third kappa shape index (κ3) is 5.59. The number of amides is 2. The lowest BCUT2D eigenvalue weighted by atomic mass is 10.1. The van der Waals surface area contributed by atoms with Gasteiger partial charge in [0, 0.05) is 26.8 Å². The van der Waals surface area contributed by atoms with Crippen LogP contribution in [0.25, 0.3) is 0 Å². The fraction of sp³-hybridized carbons (Fsp3) is 0.412. The van der Waals surface area contributed by atoms with Crippen molar-refractivity contribution in [2.24, 2.45) is 0 Å². The van der Waals surface area contributed by atoms with E-state index in [1.54, 1.807) is 12.1 Å². The van der Waals surface area contributed by atoms with Crippen LogP contribution in [0.15, 0.2) is 18.2 Å². The first-order chi connectivity index (χ1) is 11.8. The van der Waals surface area contributed by atoms with E-state index in [1.807, 2.05) is 0 Å². The van der Waals surface area contributed by atoms with E-state index in [9.17, 15) is 19.2 Å². The number of rotatable bonds is 6. The van der Waals surface area contributed by atoms with E-state index >= 15 is 0 Å². The molecule has 8 nitrogen and oxygen atoms in total. The SMILES string of the molecule is CC(=O)Oc1ccc(CCNC(=O)C2CCC(=O)N2)cc1OC(C)=O. The topological polar surface area (TPSA) is 111 Å². The predicted molar refractivity (Wildman–Crippen MR) is 86.9 cm³/mol. The molecule has 0 aromatic heterocycles. The molecule has 2 rings (SSSR count). The van der Waals surface area contributed by atoms with Crippen molar-refractivity contribution in [1.29, 1.82) is 0 Å². The van der Waals surface area contributed by atoms with Gasteiger partial charge in [-0.3, -0.25) is 19.2 Å². The van der Waals surface area contributed by atoms with Gasteiger partial charge in [0.15, 0.2) is 11.5 Å².